The zero-order chi connectivity index (χ0) is 22.6. The summed E-state index contributed by atoms with van der Waals surface area (Å²) in [4.78, 5) is 15.5. The number of hydrogen-bond donors (Lipinski definition) is 2. The molecule has 0 spiro atoms. The van der Waals surface area contributed by atoms with Crippen LogP contribution < -0.4 is 10.1 Å². The number of hydrogen-bond acceptors (Lipinski definition) is 5. The van der Waals surface area contributed by atoms with E-state index >= 15 is 0 Å². The number of carbonyl (C=O) groups excluding carboxylic acids is 1. The van der Waals surface area contributed by atoms with E-state index in [2.05, 4.69) is 16.3 Å². The van der Waals surface area contributed by atoms with E-state index in [1.54, 1.807) is 0 Å². The van der Waals surface area contributed by atoms with Crippen molar-refractivity contribution in [1.82, 2.24) is 4.90 Å². The minimum Gasteiger partial charge on any atom is -0.489 e. The third kappa shape index (κ3) is 3.65. The summed E-state index contributed by atoms with van der Waals surface area (Å²) in [5.74, 6) is 1.03. The van der Waals surface area contributed by atoms with Gasteiger partial charge in [-0.2, -0.15) is 5.26 Å². The molecule has 0 aromatic heterocycles. The average Bonchev–Trinajstić information content (AvgIpc) is 3.58. The Labute approximate surface area is 194 Å². The fraction of sp³-hybridized carbons (Fsp3) is 0.640. The summed E-state index contributed by atoms with van der Waals surface area (Å²) < 4.78 is 5.93. The number of carbonyl (C=O) groups is 1. The molecule has 2 aliphatic heterocycles. The molecule has 3 atom stereocenters. The molecule has 5 fully saturated rings. The van der Waals surface area contributed by atoms with Crippen LogP contribution in [0.5, 0.6) is 5.75 Å². The van der Waals surface area contributed by atoms with Gasteiger partial charge in [0.05, 0.1) is 22.6 Å². The summed E-state index contributed by atoms with van der Waals surface area (Å²) in [5, 5.41) is 22.2. The molecule has 0 radical (unpaired) electrons. The lowest BCUT2D eigenvalue weighted by Gasteiger charge is -2.59. The molecule has 2 heterocycles. The number of amides is 1. The zero-order valence-corrected chi connectivity index (χ0v) is 19.5. The highest BCUT2D eigenvalue weighted by molar-refractivity contribution is 6.36. The molecule has 3 saturated carbocycles. The third-order valence-corrected chi connectivity index (χ3v) is 8.27. The van der Waals surface area contributed by atoms with E-state index in [1.165, 1.54) is 0 Å². The number of nitrogens with one attached hydrogen (secondary N) is 2. The van der Waals surface area contributed by atoms with Gasteiger partial charge < -0.3 is 20.4 Å². The quantitative estimate of drug-likeness (QED) is 0.567. The Morgan fingerprint density at radius 1 is 1.34 bits per heavy atom. The Bertz CT molecular complexity index is 982. The first-order valence-electron chi connectivity index (χ1n) is 11.8. The second kappa shape index (κ2) is 7.95. The summed E-state index contributed by atoms with van der Waals surface area (Å²) in [5.41, 5.74) is 1.53. The molecule has 32 heavy (non-hydrogen) atoms. The normalized spacial score (nSPS) is 31.2. The molecule has 1 amide bonds. The van der Waals surface area contributed by atoms with Crippen molar-refractivity contribution in [1.29, 1.82) is 10.7 Å². The van der Waals surface area contributed by atoms with E-state index in [-0.39, 0.29) is 41.8 Å². The van der Waals surface area contributed by atoms with Crippen LogP contribution in [0.15, 0.2) is 12.1 Å². The van der Waals surface area contributed by atoms with Crippen LogP contribution in [0.3, 0.4) is 0 Å². The second-order valence-corrected chi connectivity index (χ2v) is 10.7. The number of nitriles is 1. The van der Waals surface area contributed by atoms with Crippen LogP contribution in [-0.2, 0) is 4.79 Å². The largest absolute Gasteiger partial charge is 0.489 e. The van der Waals surface area contributed by atoms with Crippen molar-refractivity contribution < 1.29 is 9.53 Å². The minimum absolute atomic E-state index is 0.108. The second-order valence-electron chi connectivity index (χ2n) is 10.3. The van der Waals surface area contributed by atoms with Crippen LogP contribution in [0.4, 0.5) is 5.69 Å². The fourth-order valence-corrected chi connectivity index (χ4v) is 6.68. The number of anilines is 1. The Morgan fingerprint density at radius 3 is 2.62 bits per heavy atom. The highest BCUT2D eigenvalue weighted by Crippen LogP contribution is 2.56. The molecule has 5 aliphatic rings. The van der Waals surface area contributed by atoms with Crippen molar-refractivity contribution in [3.8, 4) is 11.8 Å². The molecule has 170 valence electrons. The number of piperidine rings is 2. The van der Waals surface area contributed by atoms with Gasteiger partial charge >= 0.3 is 0 Å². The van der Waals surface area contributed by atoms with Gasteiger partial charge in [0.15, 0.2) is 0 Å². The molecular weight excluding hydrogens is 424 g/mol. The van der Waals surface area contributed by atoms with Crippen LogP contribution >= 0.6 is 11.6 Å². The lowest BCUT2D eigenvalue weighted by Crippen LogP contribution is -2.63. The molecule has 7 heteroatoms. The van der Waals surface area contributed by atoms with Crippen molar-refractivity contribution in [2.45, 2.75) is 76.5 Å². The summed E-state index contributed by atoms with van der Waals surface area (Å²) >= 11 is 6.69. The van der Waals surface area contributed by atoms with E-state index in [9.17, 15) is 10.1 Å². The molecule has 1 aromatic carbocycles. The molecule has 3 aliphatic carbocycles. The zero-order valence-electron chi connectivity index (χ0n) is 18.8. The van der Waals surface area contributed by atoms with Gasteiger partial charge in [-0.15, -0.1) is 0 Å². The number of nitrogens with zero attached hydrogens (tertiary/aromatic N) is 2. The van der Waals surface area contributed by atoms with Crippen molar-refractivity contribution in [3.05, 3.63) is 22.7 Å². The maximum atomic E-state index is 13.4. The van der Waals surface area contributed by atoms with Gasteiger partial charge in [0.2, 0.25) is 5.91 Å². The SMILES string of the molecule is CNc1ccc(OC2CC2)c(Cl)c1C(=N)C(C)CC(=O)N1C2CC3CC1CC(C#N)(C3)C2. The van der Waals surface area contributed by atoms with Crippen molar-refractivity contribution in [3.63, 3.8) is 0 Å². The van der Waals surface area contributed by atoms with Gasteiger partial charge in [-0.05, 0) is 63.0 Å². The van der Waals surface area contributed by atoms with Gasteiger partial charge in [0.1, 0.15) is 5.75 Å². The average molecular weight is 455 g/mol. The van der Waals surface area contributed by atoms with E-state index in [0.29, 0.717) is 28.0 Å². The van der Waals surface area contributed by atoms with Gasteiger partial charge in [-0.3, -0.25) is 4.79 Å². The minimum atomic E-state index is -0.273. The van der Waals surface area contributed by atoms with Crippen LogP contribution in [0.25, 0.3) is 0 Å². The van der Waals surface area contributed by atoms with E-state index in [0.717, 1.165) is 50.6 Å². The number of halogens is 1. The van der Waals surface area contributed by atoms with Crippen molar-refractivity contribution in [2.75, 3.05) is 12.4 Å². The summed E-state index contributed by atoms with van der Waals surface area (Å²) in [6.07, 6.45) is 7.24. The predicted octanol–water partition coefficient (Wildman–Crippen LogP) is 5.00. The summed E-state index contributed by atoms with van der Waals surface area (Å²) in [6, 6.07) is 6.69. The van der Waals surface area contributed by atoms with Crippen molar-refractivity contribution in [2.24, 2.45) is 17.3 Å². The standard InChI is InChI=1S/C25H31ClN4O2/c1-14(24(28)22-19(29-2)5-6-20(23(22)26)32-18-3-4-18)7-21(31)30-16-8-15-9-17(30)12-25(10-15,11-16)13-27/h5-6,14-18,28-29H,3-4,7-12H2,1-2H3. The highest BCUT2D eigenvalue weighted by Gasteiger charge is 2.56. The highest BCUT2D eigenvalue weighted by atomic mass is 35.5. The molecule has 2 N–H and O–H groups in total. The first kappa shape index (κ1) is 21.6. The van der Waals surface area contributed by atoms with E-state index in [1.807, 2.05) is 26.1 Å². The lowest BCUT2D eigenvalue weighted by molar-refractivity contribution is -0.153. The summed E-state index contributed by atoms with van der Waals surface area (Å²) in [7, 11) is 1.81. The molecule has 4 bridgehead atoms. The monoisotopic (exact) mass is 454 g/mol. The number of benzene rings is 1. The van der Waals surface area contributed by atoms with Gasteiger partial charge in [-0.25, -0.2) is 0 Å². The maximum Gasteiger partial charge on any atom is 0.223 e. The molecule has 6 nitrogen and oxygen atoms in total. The molecule has 6 rings (SSSR count). The van der Waals surface area contributed by atoms with E-state index < -0.39 is 0 Å². The van der Waals surface area contributed by atoms with Gasteiger partial charge in [0, 0.05) is 48.4 Å². The Kier molecular flexibility index (Phi) is 5.36. The van der Waals surface area contributed by atoms with Crippen LogP contribution in [0.1, 0.15) is 63.9 Å². The number of ether oxygens (including phenoxy) is 1. The van der Waals surface area contributed by atoms with Crippen LogP contribution in [-0.4, -0.2) is 41.8 Å². The van der Waals surface area contributed by atoms with Crippen LogP contribution in [0.2, 0.25) is 5.02 Å². The smallest absolute Gasteiger partial charge is 0.223 e. The first-order valence-corrected chi connectivity index (χ1v) is 12.2. The van der Waals surface area contributed by atoms with Crippen molar-refractivity contribution >= 4 is 28.9 Å². The Morgan fingerprint density at radius 2 is 2.03 bits per heavy atom. The number of rotatable bonds is 7. The van der Waals surface area contributed by atoms with Crippen LogP contribution in [0, 0.1) is 34.0 Å². The Hall–Kier alpha value is -2.26. The summed E-state index contributed by atoms with van der Waals surface area (Å²) in [6.45, 7) is 1.93. The maximum absolute atomic E-state index is 13.4. The molecule has 2 saturated heterocycles. The molecule has 3 unspecified atom stereocenters. The topological polar surface area (TPSA) is 89.2 Å². The molecular formula is C25H31ClN4O2. The third-order valence-electron chi connectivity index (χ3n) is 7.89. The first-order chi connectivity index (χ1) is 15.3. The lowest BCUT2D eigenvalue weighted by atomic mass is 9.56. The fourth-order valence-electron chi connectivity index (χ4n) is 6.37. The van der Waals surface area contributed by atoms with E-state index in [4.69, 9.17) is 21.7 Å². The van der Waals surface area contributed by atoms with Gasteiger partial charge in [-0.1, -0.05) is 18.5 Å². The predicted molar refractivity (Wildman–Crippen MR) is 124 cm³/mol. The molecule has 1 aromatic rings. The van der Waals surface area contributed by atoms with Gasteiger partial charge in [0.25, 0.3) is 0 Å². The Balaban J connectivity index is 1.32.